The van der Waals surface area contributed by atoms with Crippen molar-refractivity contribution >= 4 is 28.9 Å². The summed E-state index contributed by atoms with van der Waals surface area (Å²) < 4.78 is 13.4. The lowest BCUT2D eigenvalue weighted by molar-refractivity contribution is -0.119. The Balaban J connectivity index is 1.85. The molecule has 5 nitrogen and oxygen atoms in total. The Labute approximate surface area is 140 Å². The summed E-state index contributed by atoms with van der Waals surface area (Å²) in [7, 11) is 0. The first kappa shape index (κ1) is 17.5. The van der Waals surface area contributed by atoms with Crippen LogP contribution in [0.15, 0.2) is 48.5 Å². The van der Waals surface area contributed by atoms with Gasteiger partial charge in [-0.2, -0.15) is 0 Å². The van der Waals surface area contributed by atoms with Gasteiger partial charge >= 0.3 is 0 Å². The third kappa shape index (κ3) is 5.08. The molecule has 0 aliphatic rings. The highest BCUT2D eigenvalue weighted by Crippen LogP contribution is 2.15. The molecule has 2 rings (SSSR count). The summed E-state index contributed by atoms with van der Waals surface area (Å²) in [6, 6.07) is 13.0. The maximum Gasteiger partial charge on any atom is 0.243 e. The summed E-state index contributed by atoms with van der Waals surface area (Å²) in [5.74, 6) is -0.974. The Hall–Kier alpha value is -2.89. The van der Waals surface area contributed by atoms with Crippen LogP contribution in [0.1, 0.15) is 13.8 Å². The van der Waals surface area contributed by atoms with Gasteiger partial charge in [-0.1, -0.05) is 26.0 Å². The second kappa shape index (κ2) is 8.10. The number of carbonyl (C=O) groups excluding carboxylic acids is 2. The molecule has 0 saturated heterocycles. The number of anilines is 3. The SMILES string of the molecule is CC(C)C(=O)Nc1ccc(NCC(=O)Nc2ccccc2F)cc1. The highest BCUT2D eigenvalue weighted by atomic mass is 19.1. The molecule has 0 aromatic heterocycles. The van der Waals surface area contributed by atoms with Crippen LogP contribution in [-0.2, 0) is 9.59 Å². The van der Waals surface area contributed by atoms with Gasteiger partial charge in [-0.15, -0.1) is 0 Å². The summed E-state index contributed by atoms with van der Waals surface area (Å²) in [6.07, 6.45) is 0. The summed E-state index contributed by atoms with van der Waals surface area (Å²) in [4.78, 5) is 23.4. The summed E-state index contributed by atoms with van der Waals surface area (Å²) in [5.41, 5.74) is 1.56. The van der Waals surface area contributed by atoms with Crippen molar-refractivity contribution in [1.29, 1.82) is 0 Å². The lowest BCUT2D eigenvalue weighted by Crippen LogP contribution is -2.22. The van der Waals surface area contributed by atoms with E-state index >= 15 is 0 Å². The predicted octanol–water partition coefficient (Wildman–Crippen LogP) is 3.47. The average molecular weight is 329 g/mol. The maximum atomic E-state index is 13.4. The fraction of sp³-hybridized carbons (Fsp3) is 0.222. The van der Waals surface area contributed by atoms with Crippen molar-refractivity contribution in [3.63, 3.8) is 0 Å². The molecule has 0 spiro atoms. The molecule has 0 heterocycles. The van der Waals surface area contributed by atoms with Gasteiger partial charge in [0.2, 0.25) is 11.8 Å². The molecular formula is C18H20FN3O2. The fourth-order valence-electron chi connectivity index (χ4n) is 1.90. The van der Waals surface area contributed by atoms with E-state index in [2.05, 4.69) is 16.0 Å². The minimum Gasteiger partial charge on any atom is -0.376 e. The number of halogens is 1. The van der Waals surface area contributed by atoms with Gasteiger partial charge in [0.15, 0.2) is 0 Å². The van der Waals surface area contributed by atoms with E-state index in [9.17, 15) is 14.0 Å². The highest BCUT2D eigenvalue weighted by molar-refractivity contribution is 5.94. The zero-order valence-electron chi connectivity index (χ0n) is 13.6. The van der Waals surface area contributed by atoms with Gasteiger partial charge in [0, 0.05) is 17.3 Å². The van der Waals surface area contributed by atoms with Crippen LogP contribution in [0, 0.1) is 11.7 Å². The minimum atomic E-state index is -0.476. The summed E-state index contributed by atoms with van der Waals surface area (Å²) in [6.45, 7) is 3.64. The number of rotatable bonds is 6. The molecule has 2 amide bonds. The first-order valence-electron chi connectivity index (χ1n) is 7.65. The van der Waals surface area contributed by atoms with Crippen LogP contribution in [0.4, 0.5) is 21.5 Å². The standard InChI is InChI=1S/C18H20FN3O2/c1-12(2)18(24)21-14-9-7-13(8-10-14)20-11-17(23)22-16-6-4-3-5-15(16)19/h3-10,12,20H,11H2,1-2H3,(H,21,24)(H,22,23). The van der Waals surface area contributed by atoms with Crippen molar-refractivity contribution in [2.75, 3.05) is 22.5 Å². The van der Waals surface area contributed by atoms with E-state index < -0.39 is 5.82 Å². The van der Waals surface area contributed by atoms with Crippen LogP contribution in [0.3, 0.4) is 0 Å². The largest absolute Gasteiger partial charge is 0.376 e. The maximum absolute atomic E-state index is 13.4. The Morgan fingerprint density at radius 2 is 1.58 bits per heavy atom. The summed E-state index contributed by atoms with van der Waals surface area (Å²) in [5, 5.41) is 8.22. The van der Waals surface area contributed by atoms with Crippen LogP contribution < -0.4 is 16.0 Å². The van der Waals surface area contributed by atoms with Crippen LogP contribution in [-0.4, -0.2) is 18.4 Å². The molecule has 0 radical (unpaired) electrons. The molecule has 0 aliphatic heterocycles. The fourth-order valence-corrected chi connectivity index (χ4v) is 1.90. The monoisotopic (exact) mass is 329 g/mol. The Morgan fingerprint density at radius 3 is 2.21 bits per heavy atom. The normalized spacial score (nSPS) is 10.3. The smallest absolute Gasteiger partial charge is 0.243 e. The quantitative estimate of drug-likeness (QED) is 0.760. The van der Waals surface area contributed by atoms with Crippen LogP contribution in [0.25, 0.3) is 0 Å². The van der Waals surface area contributed by atoms with Crippen molar-refractivity contribution in [2.45, 2.75) is 13.8 Å². The topological polar surface area (TPSA) is 70.2 Å². The van der Waals surface area contributed by atoms with E-state index in [-0.39, 0.29) is 30.0 Å². The zero-order valence-corrected chi connectivity index (χ0v) is 13.6. The minimum absolute atomic E-state index is 0.00599. The van der Waals surface area contributed by atoms with Gasteiger partial charge in [0.25, 0.3) is 0 Å². The van der Waals surface area contributed by atoms with E-state index in [0.29, 0.717) is 5.69 Å². The van der Waals surface area contributed by atoms with Gasteiger partial charge in [-0.3, -0.25) is 9.59 Å². The molecule has 24 heavy (non-hydrogen) atoms. The third-order valence-corrected chi connectivity index (χ3v) is 3.28. The van der Waals surface area contributed by atoms with E-state index in [1.165, 1.54) is 12.1 Å². The summed E-state index contributed by atoms with van der Waals surface area (Å²) >= 11 is 0. The van der Waals surface area contributed by atoms with E-state index in [1.807, 2.05) is 13.8 Å². The molecule has 2 aromatic carbocycles. The molecular weight excluding hydrogens is 309 g/mol. The number of para-hydroxylation sites is 1. The molecule has 6 heteroatoms. The third-order valence-electron chi connectivity index (χ3n) is 3.28. The van der Waals surface area contributed by atoms with Crippen molar-refractivity contribution in [3.05, 3.63) is 54.3 Å². The number of hydrogen-bond acceptors (Lipinski definition) is 3. The molecule has 3 N–H and O–H groups in total. The molecule has 2 aromatic rings. The van der Waals surface area contributed by atoms with Crippen LogP contribution in [0.5, 0.6) is 0 Å². The van der Waals surface area contributed by atoms with Crippen LogP contribution in [0.2, 0.25) is 0 Å². The van der Waals surface area contributed by atoms with Crippen molar-refractivity contribution in [1.82, 2.24) is 0 Å². The second-order valence-corrected chi connectivity index (χ2v) is 5.60. The highest BCUT2D eigenvalue weighted by Gasteiger charge is 2.08. The predicted molar refractivity (Wildman–Crippen MR) is 93.4 cm³/mol. The van der Waals surface area contributed by atoms with Crippen molar-refractivity contribution < 1.29 is 14.0 Å². The Bertz CT molecular complexity index is 714. The molecule has 0 unspecified atom stereocenters. The number of nitrogens with one attached hydrogen (secondary N) is 3. The van der Waals surface area contributed by atoms with Crippen molar-refractivity contribution in [2.24, 2.45) is 5.92 Å². The molecule has 0 aliphatic carbocycles. The number of benzene rings is 2. The van der Waals surface area contributed by atoms with Gasteiger partial charge in [0.05, 0.1) is 12.2 Å². The van der Waals surface area contributed by atoms with Gasteiger partial charge in [0.1, 0.15) is 5.82 Å². The lowest BCUT2D eigenvalue weighted by atomic mass is 10.2. The molecule has 126 valence electrons. The van der Waals surface area contributed by atoms with E-state index in [4.69, 9.17) is 0 Å². The Morgan fingerprint density at radius 1 is 0.958 bits per heavy atom. The van der Waals surface area contributed by atoms with E-state index in [1.54, 1.807) is 36.4 Å². The molecule has 0 bridgehead atoms. The van der Waals surface area contributed by atoms with Gasteiger partial charge in [-0.05, 0) is 36.4 Å². The number of carbonyl (C=O) groups is 2. The number of amides is 2. The van der Waals surface area contributed by atoms with Gasteiger partial charge in [-0.25, -0.2) is 4.39 Å². The van der Waals surface area contributed by atoms with Crippen LogP contribution >= 0.6 is 0 Å². The van der Waals surface area contributed by atoms with E-state index in [0.717, 1.165) is 5.69 Å². The lowest BCUT2D eigenvalue weighted by Gasteiger charge is -2.10. The average Bonchev–Trinajstić information content (AvgIpc) is 2.56. The second-order valence-electron chi connectivity index (χ2n) is 5.60. The molecule has 0 atom stereocenters. The Kier molecular flexibility index (Phi) is 5.89. The first-order chi connectivity index (χ1) is 11.5. The first-order valence-corrected chi connectivity index (χ1v) is 7.65. The van der Waals surface area contributed by atoms with Crippen molar-refractivity contribution in [3.8, 4) is 0 Å². The molecule has 0 fully saturated rings. The molecule has 0 saturated carbocycles. The number of hydrogen-bond donors (Lipinski definition) is 3. The zero-order chi connectivity index (χ0) is 17.5. The van der Waals surface area contributed by atoms with Gasteiger partial charge < -0.3 is 16.0 Å².